The number of aryl methyl sites for hydroxylation is 1. The zero-order chi connectivity index (χ0) is 17.3. The minimum atomic E-state index is -0.00394. The van der Waals surface area contributed by atoms with Crippen molar-refractivity contribution in [3.8, 4) is 11.3 Å². The average molecular weight is 337 g/mol. The van der Waals surface area contributed by atoms with Crippen molar-refractivity contribution in [1.82, 2.24) is 14.7 Å². The molecule has 1 aromatic carbocycles. The van der Waals surface area contributed by atoms with Crippen LogP contribution in [0.25, 0.3) is 11.3 Å². The Bertz CT molecular complexity index is 755. The fraction of sp³-hybridized carbons (Fsp3) is 0.476. The molecule has 1 spiro atoms. The summed E-state index contributed by atoms with van der Waals surface area (Å²) in [6.45, 7) is 6.22. The zero-order valence-corrected chi connectivity index (χ0v) is 15.2. The van der Waals surface area contributed by atoms with Crippen LogP contribution in [0.3, 0.4) is 0 Å². The predicted octanol–water partition coefficient (Wildman–Crippen LogP) is 3.79. The highest BCUT2D eigenvalue weighted by Gasteiger charge is 2.35. The summed E-state index contributed by atoms with van der Waals surface area (Å²) in [5.41, 5.74) is 5.09. The van der Waals surface area contributed by atoms with Gasteiger partial charge in [0.15, 0.2) is 0 Å². The highest BCUT2D eigenvalue weighted by Crippen LogP contribution is 2.34. The number of hydrogen-bond donors (Lipinski definition) is 0. The molecule has 4 heteroatoms. The van der Waals surface area contributed by atoms with E-state index in [0.29, 0.717) is 0 Å². The van der Waals surface area contributed by atoms with Gasteiger partial charge in [-0.25, -0.2) is 0 Å². The van der Waals surface area contributed by atoms with E-state index in [2.05, 4.69) is 54.4 Å². The Hall–Kier alpha value is -1.91. The minimum Gasteiger partial charge on any atom is -0.370 e. The Kier molecular flexibility index (Phi) is 4.48. The minimum absolute atomic E-state index is 0.00394. The van der Waals surface area contributed by atoms with Crippen LogP contribution in [0.15, 0.2) is 48.2 Å². The van der Waals surface area contributed by atoms with Crippen LogP contribution in [-0.4, -0.2) is 40.0 Å². The summed E-state index contributed by atoms with van der Waals surface area (Å²) in [4.78, 5) is 2.54. The summed E-state index contributed by atoms with van der Waals surface area (Å²) in [5, 5.41) is 4.70. The summed E-state index contributed by atoms with van der Waals surface area (Å²) in [7, 11) is 2.00. The molecule has 0 bridgehead atoms. The number of nitrogens with zero attached hydrogens (tertiary/aromatic N) is 3. The molecule has 4 rings (SSSR count). The molecule has 1 saturated heterocycles. The van der Waals surface area contributed by atoms with Gasteiger partial charge in [0.2, 0.25) is 0 Å². The first-order valence-corrected chi connectivity index (χ1v) is 9.26. The first kappa shape index (κ1) is 16.6. The molecule has 25 heavy (non-hydrogen) atoms. The largest absolute Gasteiger partial charge is 0.370 e. The first-order chi connectivity index (χ1) is 12.1. The Morgan fingerprint density at radius 3 is 2.64 bits per heavy atom. The number of piperidine rings is 1. The third-order valence-corrected chi connectivity index (χ3v) is 5.44. The summed E-state index contributed by atoms with van der Waals surface area (Å²) >= 11 is 0. The van der Waals surface area contributed by atoms with Crippen LogP contribution in [0, 0.1) is 0 Å². The number of hydrogen-bond acceptors (Lipinski definition) is 3. The molecule has 3 heterocycles. The molecule has 0 aliphatic carbocycles. The van der Waals surface area contributed by atoms with E-state index in [4.69, 9.17) is 9.84 Å². The maximum absolute atomic E-state index is 6.15. The predicted molar refractivity (Wildman–Crippen MR) is 100 cm³/mol. The van der Waals surface area contributed by atoms with Gasteiger partial charge in [0.1, 0.15) is 0 Å². The lowest BCUT2D eigenvalue weighted by molar-refractivity contribution is -0.0576. The van der Waals surface area contributed by atoms with Crippen LogP contribution in [-0.2, 0) is 18.3 Å². The standard InChI is InChI=1S/C21H27N3O/c1-17-8-13-25-21(14-17)9-11-24(12-10-21)16-19-15-23(2)22-20(19)18-6-4-3-5-7-18/h3-7,14-15H,8-13,16H2,1-2H3. The van der Waals surface area contributed by atoms with E-state index in [1.807, 2.05) is 11.7 Å². The van der Waals surface area contributed by atoms with Gasteiger partial charge in [-0.05, 0) is 26.2 Å². The third-order valence-electron chi connectivity index (χ3n) is 5.44. The van der Waals surface area contributed by atoms with E-state index in [1.165, 1.54) is 16.7 Å². The van der Waals surface area contributed by atoms with Gasteiger partial charge in [-0.15, -0.1) is 0 Å². The van der Waals surface area contributed by atoms with E-state index < -0.39 is 0 Å². The fourth-order valence-corrected chi connectivity index (χ4v) is 4.09. The van der Waals surface area contributed by atoms with Gasteiger partial charge in [-0.2, -0.15) is 5.10 Å². The third kappa shape index (κ3) is 3.55. The van der Waals surface area contributed by atoms with Crippen LogP contribution in [0.4, 0.5) is 0 Å². The van der Waals surface area contributed by atoms with Gasteiger partial charge in [0.25, 0.3) is 0 Å². The Morgan fingerprint density at radius 2 is 1.92 bits per heavy atom. The lowest BCUT2D eigenvalue weighted by Gasteiger charge is -2.42. The lowest BCUT2D eigenvalue weighted by atomic mass is 9.87. The Balaban J connectivity index is 1.47. The van der Waals surface area contributed by atoms with Crippen molar-refractivity contribution in [2.24, 2.45) is 7.05 Å². The molecular formula is C21H27N3O. The molecule has 0 unspecified atom stereocenters. The summed E-state index contributed by atoms with van der Waals surface area (Å²) in [5.74, 6) is 0. The van der Waals surface area contributed by atoms with E-state index in [1.54, 1.807) is 0 Å². The fourth-order valence-electron chi connectivity index (χ4n) is 4.09. The van der Waals surface area contributed by atoms with Crippen LogP contribution in [0.5, 0.6) is 0 Å². The molecule has 2 aromatic rings. The maximum atomic E-state index is 6.15. The van der Waals surface area contributed by atoms with Gasteiger partial charge in [-0.3, -0.25) is 9.58 Å². The molecule has 0 radical (unpaired) electrons. The summed E-state index contributed by atoms with van der Waals surface area (Å²) in [6.07, 6.45) is 7.80. The van der Waals surface area contributed by atoms with Crippen molar-refractivity contribution in [3.05, 3.63) is 53.7 Å². The number of ether oxygens (including phenoxy) is 1. The van der Waals surface area contributed by atoms with Gasteiger partial charge < -0.3 is 4.74 Å². The number of rotatable bonds is 3. The SMILES string of the molecule is CC1=CC2(CCN(Cc3cn(C)nc3-c3ccccc3)CC2)OCC1. The van der Waals surface area contributed by atoms with Crippen LogP contribution < -0.4 is 0 Å². The molecule has 132 valence electrons. The van der Waals surface area contributed by atoms with Crippen LogP contribution in [0.2, 0.25) is 0 Å². The maximum Gasteiger partial charge on any atom is 0.0968 e. The van der Waals surface area contributed by atoms with Crippen molar-refractivity contribution in [3.63, 3.8) is 0 Å². The van der Waals surface area contributed by atoms with Crippen molar-refractivity contribution in [2.45, 2.75) is 38.3 Å². The van der Waals surface area contributed by atoms with Gasteiger partial charge in [-0.1, -0.05) is 42.0 Å². The highest BCUT2D eigenvalue weighted by atomic mass is 16.5. The molecular weight excluding hydrogens is 310 g/mol. The second kappa shape index (κ2) is 6.77. The van der Waals surface area contributed by atoms with E-state index in [0.717, 1.165) is 51.2 Å². The topological polar surface area (TPSA) is 30.3 Å². The first-order valence-electron chi connectivity index (χ1n) is 9.26. The molecule has 1 aromatic heterocycles. The molecule has 0 saturated carbocycles. The molecule has 2 aliphatic heterocycles. The smallest absolute Gasteiger partial charge is 0.0968 e. The molecule has 2 aliphatic rings. The molecule has 0 atom stereocenters. The average Bonchev–Trinajstić information content (AvgIpc) is 2.98. The second-order valence-electron chi connectivity index (χ2n) is 7.47. The molecule has 1 fully saturated rings. The van der Waals surface area contributed by atoms with Gasteiger partial charge >= 0.3 is 0 Å². The van der Waals surface area contributed by atoms with E-state index in [-0.39, 0.29) is 5.60 Å². The molecule has 0 N–H and O–H groups in total. The quantitative estimate of drug-likeness (QED) is 0.798. The van der Waals surface area contributed by atoms with Gasteiger partial charge in [0, 0.05) is 44.0 Å². The van der Waals surface area contributed by atoms with E-state index >= 15 is 0 Å². The van der Waals surface area contributed by atoms with Gasteiger partial charge in [0.05, 0.1) is 17.9 Å². The number of benzene rings is 1. The van der Waals surface area contributed by atoms with Crippen molar-refractivity contribution >= 4 is 0 Å². The second-order valence-corrected chi connectivity index (χ2v) is 7.47. The normalized spacial score (nSPS) is 20.6. The van der Waals surface area contributed by atoms with Crippen LogP contribution in [0.1, 0.15) is 31.7 Å². The Morgan fingerprint density at radius 1 is 1.16 bits per heavy atom. The summed E-state index contributed by atoms with van der Waals surface area (Å²) in [6, 6.07) is 10.5. The van der Waals surface area contributed by atoms with Crippen molar-refractivity contribution in [1.29, 1.82) is 0 Å². The monoisotopic (exact) mass is 337 g/mol. The van der Waals surface area contributed by atoms with E-state index in [9.17, 15) is 0 Å². The summed E-state index contributed by atoms with van der Waals surface area (Å²) < 4.78 is 8.08. The van der Waals surface area contributed by atoms with Crippen LogP contribution >= 0.6 is 0 Å². The number of aromatic nitrogens is 2. The zero-order valence-electron chi connectivity index (χ0n) is 15.2. The highest BCUT2D eigenvalue weighted by molar-refractivity contribution is 5.62. The lowest BCUT2D eigenvalue weighted by Crippen LogP contribution is -2.46. The number of likely N-dealkylation sites (tertiary alicyclic amines) is 1. The Labute approximate surface area is 150 Å². The molecule has 0 amide bonds. The van der Waals surface area contributed by atoms with Crippen molar-refractivity contribution < 1.29 is 4.74 Å². The van der Waals surface area contributed by atoms with Crippen molar-refractivity contribution in [2.75, 3.05) is 19.7 Å². The molecule has 4 nitrogen and oxygen atoms in total.